The van der Waals surface area contributed by atoms with Gasteiger partial charge in [0.1, 0.15) is 5.60 Å². The predicted octanol–water partition coefficient (Wildman–Crippen LogP) is 1.62. The van der Waals surface area contributed by atoms with Gasteiger partial charge in [-0.05, 0) is 40.7 Å². The first kappa shape index (κ1) is 20.0. The van der Waals surface area contributed by atoms with Gasteiger partial charge in [0.15, 0.2) is 0 Å². The first-order chi connectivity index (χ1) is 11.2. The second-order valence-corrected chi connectivity index (χ2v) is 7.08. The molecule has 2 amide bonds. The highest BCUT2D eigenvalue weighted by Gasteiger charge is 2.27. The number of amides is 2. The number of nitrogens with one attached hydrogen (secondary N) is 1. The van der Waals surface area contributed by atoms with Crippen LogP contribution in [0.5, 0.6) is 0 Å². The highest BCUT2D eigenvalue weighted by Crippen LogP contribution is 2.15. The number of nitrogens with zero attached hydrogens (tertiary/aromatic N) is 2. The maximum absolute atomic E-state index is 12.1. The lowest BCUT2D eigenvalue weighted by Gasteiger charge is -2.34. The molecule has 1 aliphatic rings. The average Bonchev–Trinajstić information content (AvgIpc) is 2.46. The molecule has 0 aromatic rings. The predicted molar refractivity (Wildman–Crippen MR) is 94.4 cm³/mol. The van der Waals surface area contributed by atoms with Crippen molar-refractivity contribution in [2.24, 2.45) is 0 Å². The molecule has 0 bridgehead atoms. The largest absolute Gasteiger partial charge is 0.444 e. The van der Waals surface area contributed by atoms with Crippen LogP contribution in [0.2, 0.25) is 0 Å². The molecular weight excluding hydrogens is 306 g/mol. The number of likely N-dealkylation sites (tertiary alicyclic amines) is 1. The Balaban J connectivity index is 2.42. The van der Waals surface area contributed by atoms with Gasteiger partial charge in [0.25, 0.3) is 0 Å². The molecule has 1 atom stereocenters. The van der Waals surface area contributed by atoms with Gasteiger partial charge >= 0.3 is 6.09 Å². The van der Waals surface area contributed by atoms with E-state index in [1.54, 1.807) is 11.0 Å². The van der Waals surface area contributed by atoms with Gasteiger partial charge in [-0.3, -0.25) is 9.69 Å². The fraction of sp³-hybridized carbons (Fsp3) is 0.667. The lowest BCUT2D eigenvalue weighted by Crippen LogP contribution is -2.50. The Morgan fingerprint density at radius 3 is 2.79 bits per heavy atom. The van der Waals surface area contributed by atoms with E-state index >= 15 is 0 Å². The van der Waals surface area contributed by atoms with Crippen LogP contribution >= 0.6 is 0 Å². The van der Waals surface area contributed by atoms with Gasteiger partial charge < -0.3 is 15.0 Å². The van der Waals surface area contributed by atoms with Crippen molar-refractivity contribution < 1.29 is 14.3 Å². The number of terminal acetylenes is 1. The Morgan fingerprint density at radius 1 is 1.46 bits per heavy atom. The maximum Gasteiger partial charge on any atom is 0.410 e. The number of rotatable bonds is 5. The third-order valence-corrected chi connectivity index (χ3v) is 3.47. The molecule has 0 unspecified atom stereocenters. The Hall–Kier alpha value is -2.00. The van der Waals surface area contributed by atoms with E-state index in [2.05, 4.69) is 11.2 Å². The Morgan fingerprint density at radius 2 is 2.17 bits per heavy atom. The number of hydrogen-bond acceptors (Lipinski definition) is 4. The summed E-state index contributed by atoms with van der Waals surface area (Å²) >= 11 is 0. The molecule has 0 saturated carbocycles. The molecule has 0 aliphatic carbocycles. The molecule has 1 saturated heterocycles. The van der Waals surface area contributed by atoms with E-state index < -0.39 is 5.60 Å². The molecule has 1 N–H and O–H groups in total. The summed E-state index contributed by atoms with van der Waals surface area (Å²) in [5.74, 6) is 2.39. The van der Waals surface area contributed by atoms with E-state index in [9.17, 15) is 9.59 Å². The molecule has 1 heterocycles. The normalized spacial score (nSPS) is 18.5. The maximum atomic E-state index is 12.1. The zero-order valence-electron chi connectivity index (χ0n) is 15.2. The van der Waals surface area contributed by atoms with Gasteiger partial charge in [0.05, 0.1) is 6.54 Å². The smallest absolute Gasteiger partial charge is 0.410 e. The van der Waals surface area contributed by atoms with Crippen LogP contribution in [0.15, 0.2) is 12.2 Å². The van der Waals surface area contributed by atoms with E-state index in [1.165, 1.54) is 6.08 Å². The highest BCUT2D eigenvalue weighted by molar-refractivity contribution is 5.87. The number of likely N-dealkylation sites (N-methyl/N-ethyl adjacent to an activating group) is 1. The first-order valence-electron chi connectivity index (χ1n) is 8.28. The molecule has 0 radical (unpaired) electrons. The summed E-state index contributed by atoms with van der Waals surface area (Å²) in [5, 5.41) is 2.94. The summed E-state index contributed by atoms with van der Waals surface area (Å²) in [7, 11) is 1.89. The fourth-order valence-corrected chi connectivity index (χ4v) is 2.40. The highest BCUT2D eigenvalue weighted by atomic mass is 16.6. The van der Waals surface area contributed by atoms with Crippen LogP contribution in [0.25, 0.3) is 0 Å². The Labute approximate surface area is 145 Å². The van der Waals surface area contributed by atoms with Gasteiger partial charge in [0, 0.05) is 31.8 Å². The first-order valence-corrected chi connectivity index (χ1v) is 8.28. The van der Waals surface area contributed by atoms with Crippen molar-refractivity contribution in [3.8, 4) is 12.3 Å². The van der Waals surface area contributed by atoms with Gasteiger partial charge in [-0.25, -0.2) is 4.79 Å². The summed E-state index contributed by atoms with van der Waals surface area (Å²) in [6, 6.07) is -0.0492. The van der Waals surface area contributed by atoms with E-state index in [1.807, 2.05) is 32.7 Å². The van der Waals surface area contributed by atoms with Crippen molar-refractivity contribution in [2.45, 2.75) is 45.3 Å². The van der Waals surface area contributed by atoms with Gasteiger partial charge in [0.2, 0.25) is 5.91 Å². The molecule has 0 aromatic heterocycles. The van der Waals surface area contributed by atoms with Crippen molar-refractivity contribution in [3.05, 3.63) is 12.2 Å². The van der Waals surface area contributed by atoms with E-state index in [0.717, 1.165) is 12.8 Å². The van der Waals surface area contributed by atoms with Crippen molar-refractivity contribution in [1.82, 2.24) is 15.1 Å². The van der Waals surface area contributed by atoms with Crippen LogP contribution in [0.1, 0.15) is 33.6 Å². The third kappa shape index (κ3) is 8.02. The van der Waals surface area contributed by atoms with Gasteiger partial charge in [-0.1, -0.05) is 12.0 Å². The molecule has 0 aromatic carbocycles. The monoisotopic (exact) mass is 335 g/mol. The molecule has 1 rings (SSSR count). The number of carbonyl (C=O) groups excluding carboxylic acids is 2. The van der Waals surface area contributed by atoms with E-state index in [0.29, 0.717) is 26.2 Å². The summed E-state index contributed by atoms with van der Waals surface area (Å²) in [6.45, 7) is 7.83. The van der Waals surface area contributed by atoms with Crippen LogP contribution in [-0.4, -0.2) is 66.7 Å². The molecule has 0 spiro atoms. The number of hydrogen-bond donors (Lipinski definition) is 1. The molecule has 134 valence electrons. The standard InChI is InChI=1S/C18H29N3O3/c1-6-11-20(5)12-8-10-16(22)19-15-9-7-13-21(14-15)17(23)24-18(2,3)4/h1,8,10,15H,7,9,11-14H2,2-5H3,(H,19,22)/b10-8+/t15-/m0/s1. The fourth-order valence-electron chi connectivity index (χ4n) is 2.40. The van der Waals surface area contributed by atoms with Gasteiger partial charge in [-0.15, -0.1) is 6.42 Å². The molecule has 24 heavy (non-hydrogen) atoms. The summed E-state index contributed by atoms with van der Waals surface area (Å²) in [5.41, 5.74) is -0.513. The minimum absolute atomic E-state index is 0.0492. The zero-order chi connectivity index (χ0) is 18.2. The second kappa shape index (κ2) is 9.33. The third-order valence-electron chi connectivity index (χ3n) is 3.47. The van der Waals surface area contributed by atoms with Crippen molar-refractivity contribution in [2.75, 3.05) is 33.2 Å². The van der Waals surface area contributed by atoms with Crippen LogP contribution in [0.3, 0.4) is 0 Å². The summed E-state index contributed by atoms with van der Waals surface area (Å²) in [6.07, 6.45) is 9.89. The van der Waals surface area contributed by atoms with Crippen molar-refractivity contribution in [3.63, 3.8) is 0 Å². The summed E-state index contributed by atoms with van der Waals surface area (Å²) < 4.78 is 5.38. The molecule has 6 nitrogen and oxygen atoms in total. The molecule has 1 aliphatic heterocycles. The van der Waals surface area contributed by atoms with Gasteiger partial charge in [-0.2, -0.15) is 0 Å². The number of piperidine rings is 1. The van der Waals surface area contributed by atoms with Crippen LogP contribution in [0, 0.1) is 12.3 Å². The minimum atomic E-state index is -0.513. The molecular formula is C18H29N3O3. The Bertz CT molecular complexity index is 503. The quantitative estimate of drug-likeness (QED) is 0.613. The molecule has 1 fully saturated rings. The molecule has 6 heteroatoms. The lowest BCUT2D eigenvalue weighted by atomic mass is 10.1. The van der Waals surface area contributed by atoms with Crippen LogP contribution < -0.4 is 5.32 Å². The van der Waals surface area contributed by atoms with Crippen LogP contribution in [0.4, 0.5) is 4.79 Å². The number of carbonyl (C=O) groups is 2. The van der Waals surface area contributed by atoms with E-state index in [4.69, 9.17) is 11.2 Å². The topological polar surface area (TPSA) is 61.9 Å². The minimum Gasteiger partial charge on any atom is -0.444 e. The average molecular weight is 335 g/mol. The summed E-state index contributed by atoms with van der Waals surface area (Å²) in [4.78, 5) is 27.7. The Kier molecular flexibility index (Phi) is 7.80. The van der Waals surface area contributed by atoms with E-state index in [-0.39, 0.29) is 18.0 Å². The second-order valence-electron chi connectivity index (χ2n) is 7.08. The number of ether oxygens (including phenoxy) is 1. The van der Waals surface area contributed by atoms with Crippen molar-refractivity contribution in [1.29, 1.82) is 0 Å². The SMILES string of the molecule is C#CCN(C)C/C=C/C(=O)N[C@H]1CCCN(C(=O)OC(C)(C)C)C1. The zero-order valence-corrected chi connectivity index (χ0v) is 15.2. The van der Waals surface area contributed by atoms with Crippen molar-refractivity contribution >= 4 is 12.0 Å². The lowest BCUT2D eigenvalue weighted by molar-refractivity contribution is -0.117. The van der Waals surface area contributed by atoms with Crippen LogP contribution in [-0.2, 0) is 9.53 Å².